The zero-order valence-electron chi connectivity index (χ0n) is 16.1. The van der Waals surface area contributed by atoms with E-state index in [1.807, 2.05) is 0 Å². The number of halogens is 1. The molecule has 1 atom stereocenters. The minimum absolute atomic E-state index is 0.192. The number of nitrogens with zero attached hydrogens (tertiary/aromatic N) is 1. The van der Waals surface area contributed by atoms with Crippen LogP contribution in [0.4, 0.5) is 14.9 Å². The number of carbonyl (C=O) groups excluding carboxylic acids is 2. The zero-order valence-corrected chi connectivity index (χ0v) is 16.9. The van der Waals surface area contributed by atoms with E-state index in [1.165, 1.54) is 37.5 Å². The molecule has 0 aliphatic carbocycles. The Hall–Kier alpha value is -3.33. The number of carbonyl (C=O) groups is 3. The van der Waals surface area contributed by atoms with Gasteiger partial charge in [-0.25, -0.2) is 14.1 Å². The molecule has 0 aromatic heterocycles. The van der Waals surface area contributed by atoms with Crippen molar-refractivity contribution in [2.24, 2.45) is 0 Å². The van der Waals surface area contributed by atoms with Crippen molar-refractivity contribution >= 4 is 40.6 Å². The average molecular weight is 431 g/mol. The van der Waals surface area contributed by atoms with Crippen LogP contribution in [0.2, 0.25) is 0 Å². The summed E-state index contributed by atoms with van der Waals surface area (Å²) in [7, 11) is 1.41. The fourth-order valence-electron chi connectivity index (χ4n) is 2.76. The van der Waals surface area contributed by atoms with Gasteiger partial charge in [0, 0.05) is 0 Å². The summed E-state index contributed by atoms with van der Waals surface area (Å²) in [6.45, 7) is 1.69. The molecule has 1 aliphatic heterocycles. The number of amides is 2. The maximum absolute atomic E-state index is 13.1. The lowest BCUT2D eigenvalue weighted by Crippen LogP contribution is -2.27. The standard InChI is InChI=1S/C21H18FNO6S/c1-3-15(20(25)26)29-16-9-4-12(10-17(16)28-2)11-18-19(24)23(21(27)30-18)14-7-5-13(22)6-8-14/h4-11,15H,3H2,1-2H3,(H,25,26)/b18-11+. The maximum atomic E-state index is 13.1. The Morgan fingerprint density at radius 3 is 2.50 bits per heavy atom. The normalized spacial score (nSPS) is 16.1. The first-order chi connectivity index (χ1) is 14.3. The number of methoxy groups -OCH3 is 1. The zero-order chi connectivity index (χ0) is 21.8. The van der Waals surface area contributed by atoms with Crippen LogP contribution in [0.3, 0.4) is 0 Å². The predicted octanol–water partition coefficient (Wildman–Crippen LogP) is 4.32. The molecule has 0 bridgehead atoms. The molecule has 2 aromatic carbocycles. The summed E-state index contributed by atoms with van der Waals surface area (Å²) in [5.41, 5.74) is 0.843. The molecule has 156 valence electrons. The number of hydrogen-bond donors (Lipinski definition) is 1. The van der Waals surface area contributed by atoms with Crippen molar-refractivity contribution in [3.05, 3.63) is 58.8 Å². The van der Waals surface area contributed by atoms with Crippen LogP contribution in [0.25, 0.3) is 6.08 Å². The number of carboxylic acids is 1. The smallest absolute Gasteiger partial charge is 0.344 e. The molecule has 0 saturated carbocycles. The Labute approximate surface area is 176 Å². The quantitative estimate of drug-likeness (QED) is 0.653. The number of aliphatic carboxylic acids is 1. The second-order valence-electron chi connectivity index (χ2n) is 6.26. The topological polar surface area (TPSA) is 93.1 Å². The van der Waals surface area contributed by atoms with Crippen molar-refractivity contribution in [1.29, 1.82) is 0 Å². The van der Waals surface area contributed by atoms with E-state index in [4.69, 9.17) is 14.6 Å². The Kier molecular flexibility index (Phi) is 6.41. The van der Waals surface area contributed by atoms with Gasteiger partial charge in [0.1, 0.15) is 5.82 Å². The number of benzene rings is 2. The van der Waals surface area contributed by atoms with Gasteiger partial charge in [0.2, 0.25) is 0 Å². The van der Waals surface area contributed by atoms with E-state index < -0.39 is 29.0 Å². The van der Waals surface area contributed by atoms with Gasteiger partial charge in [0.15, 0.2) is 17.6 Å². The molecule has 1 saturated heterocycles. The second kappa shape index (κ2) is 9.00. The molecule has 1 aliphatic rings. The number of thioether (sulfide) groups is 1. The van der Waals surface area contributed by atoms with Gasteiger partial charge in [-0.15, -0.1) is 0 Å². The van der Waals surface area contributed by atoms with Crippen molar-refractivity contribution in [2.75, 3.05) is 12.0 Å². The predicted molar refractivity (Wildman–Crippen MR) is 110 cm³/mol. The van der Waals surface area contributed by atoms with Crippen LogP contribution >= 0.6 is 11.8 Å². The van der Waals surface area contributed by atoms with Crippen LogP contribution in [0.5, 0.6) is 11.5 Å². The lowest BCUT2D eigenvalue weighted by atomic mass is 10.1. The number of carboxylic acid groups (broad SMARTS) is 1. The van der Waals surface area contributed by atoms with Crippen LogP contribution in [0.15, 0.2) is 47.4 Å². The third-order valence-corrected chi connectivity index (χ3v) is 5.15. The highest BCUT2D eigenvalue weighted by atomic mass is 32.2. The van der Waals surface area contributed by atoms with Gasteiger partial charge >= 0.3 is 5.97 Å². The highest BCUT2D eigenvalue weighted by Gasteiger charge is 2.36. The number of rotatable bonds is 7. The van der Waals surface area contributed by atoms with Crippen LogP contribution in [-0.2, 0) is 9.59 Å². The number of ether oxygens (including phenoxy) is 2. The van der Waals surface area contributed by atoms with E-state index in [2.05, 4.69) is 0 Å². The Balaban J connectivity index is 1.86. The molecule has 7 nitrogen and oxygen atoms in total. The van der Waals surface area contributed by atoms with Crippen molar-refractivity contribution in [3.8, 4) is 11.5 Å². The molecule has 1 unspecified atom stereocenters. The minimum atomic E-state index is -1.09. The second-order valence-corrected chi connectivity index (χ2v) is 7.25. The Morgan fingerprint density at radius 2 is 1.90 bits per heavy atom. The summed E-state index contributed by atoms with van der Waals surface area (Å²) in [6, 6.07) is 9.81. The van der Waals surface area contributed by atoms with E-state index in [1.54, 1.807) is 25.1 Å². The monoisotopic (exact) mass is 431 g/mol. The van der Waals surface area contributed by atoms with E-state index in [0.29, 0.717) is 11.3 Å². The fraction of sp³-hybridized carbons (Fsp3) is 0.190. The minimum Gasteiger partial charge on any atom is -0.493 e. The Morgan fingerprint density at radius 1 is 1.20 bits per heavy atom. The third-order valence-electron chi connectivity index (χ3n) is 4.28. The summed E-state index contributed by atoms with van der Waals surface area (Å²) < 4.78 is 23.9. The van der Waals surface area contributed by atoms with Gasteiger partial charge < -0.3 is 14.6 Å². The maximum Gasteiger partial charge on any atom is 0.344 e. The molecule has 1 fully saturated rings. The number of hydrogen-bond acceptors (Lipinski definition) is 6. The van der Waals surface area contributed by atoms with Crippen molar-refractivity contribution in [2.45, 2.75) is 19.4 Å². The summed E-state index contributed by atoms with van der Waals surface area (Å²) >= 11 is 0.767. The van der Waals surface area contributed by atoms with Gasteiger partial charge in [0.25, 0.3) is 11.1 Å². The fourth-order valence-corrected chi connectivity index (χ4v) is 3.61. The molecule has 3 rings (SSSR count). The molecule has 2 amide bonds. The average Bonchev–Trinajstić information content (AvgIpc) is 3.00. The van der Waals surface area contributed by atoms with Crippen LogP contribution in [0, 0.1) is 5.82 Å². The van der Waals surface area contributed by atoms with Crippen molar-refractivity contribution in [1.82, 2.24) is 0 Å². The molecule has 0 radical (unpaired) electrons. The molecule has 9 heteroatoms. The van der Waals surface area contributed by atoms with Gasteiger partial charge in [-0.1, -0.05) is 13.0 Å². The van der Waals surface area contributed by atoms with Crippen LogP contribution < -0.4 is 14.4 Å². The molecule has 0 spiro atoms. The summed E-state index contributed by atoms with van der Waals surface area (Å²) in [5, 5.41) is 8.67. The third kappa shape index (κ3) is 4.46. The highest BCUT2D eigenvalue weighted by Crippen LogP contribution is 2.37. The molecule has 1 heterocycles. The summed E-state index contributed by atoms with van der Waals surface area (Å²) in [6.07, 6.45) is 0.781. The van der Waals surface area contributed by atoms with E-state index in [9.17, 15) is 18.8 Å². The first kappa shape index (κ1) is 21.4. The van der Waals surface area contributed by atoms with E-state index in [-0.39, 0.29) is 22.8 Å². The first-order valence-electron chi connectivity index (χ1n) is 8.95. The van der Waals surface area contributed by atoms with Crippen LogP contribution in [0.1, 0.15) is 18.9 Å². The van der Waals surface area contributed by atoms with Gasteiger partial charge in [-0.2, -0.15) is 0 Å². The SMILES string of the molecule is CCC(Oc1ccc(/C=C2/SC(=O)N(c3ccc(F)cc3)C2=O)cc1OC)C(=O)O. The van der Waals surface area contributed by atoms with Gasteiger partial charge in [-0.3, -0.25) is 9.59 Å². The Bertz CT molecular complexity index is 1020. The van der Waals surface area contributed by atoms with E-state index >= 15 is 0 Å². The lowest BCUT2D eigenvalue weighted by molar-refractivity contribution is -0.145. The lowest BCUT2D eigenvalue weighted by Gasteiger charge is -2.16. The van der Waals surface area contributed by atoms with E-state index in [0.717, 1.165) is 16.7 Å². The molecule has 1 N–H and O–H groups in total. The van der Waals surface area contributed by atoms with Crippen molar-refractivity contribution in [3.63, 3.8) is 0 Å². The van der Waals surface area contributed by atoms with Gasteiger partial charge in [-0.05, 0) is 66.2 Å². The molecular weight excluding hydrogens is 413 g/mol. The summed E-state index contributed by atoms with van der Waals surface area (Å²) in [4.78, 5) is 37.3. The number of anilines is 1. The van der Waals surface area contributed by atoms with Gasteiger partial charge in [0.05, 0.1) is 17.7 Å². The highest BCUT2D eigenvalue weighted by molar-refractivity contribution is 8.19. The number of imide groups is 1. The molecule has 30 heavy (non-hydrogen) atoms. The summed E-state index contributed by atoms with van der Waals surface area (Å²) in [5.74, 6) is -1.53. The molecule has 2 aromatic rings. The van der Waals surface area contributed by atoms with Crippen LogP contribution in [-0.4, -0.2) is 35.4 Å². The van der Waals surface area contributed by atoms with Crippen molar-refractivity contribution < 1.29 is 33.4 Å². The first-order valence-corrected chi connectivity index (χ1v) is 9.76. The largest absolute Gasteiger partial charge is 0.493 e. The molecular formula is C21H18FNO6S.